The van der Waals surface area contributed by atoms with Gasteiger partial charge in [-0.3, -0.25) is 4.79 Å². The van der Waals surface area contributed by atoms with Crippen LogP contribution in [0.15, 0.2) is 89.0 Å². The first-order valence-corrected chi connectivity index (χ1v) is 8.56. The van der Waals surface area contributed by atoms with Gasteiger partial charge in [0, 0.05) is 4.47 Å². The van der Waals surface area contributed by atoms with Crippen molar-refractivity contribution < 1.29 is 9.53 Å². The average Bonchev–Trinajstić information content (AvgIpc) is 3.13. The summed E-state index contributed by atoms with van der Waals surface area (Å²) in [6.07, 6.45) is 10.4. The molecule has 0 aromatic heterocycles. The van der Waals surface area contributed by atoms with Crippen molar-refractivity contribution in [3.8, 4) is 5.75 Å². The third kappa shape index (κ3) is 4.33. The van der Waals surface area contributed by atoms with Crippen molar-refractivity contribution in [3.05, 3.63) is 100 Å². The van der Waals surface area contributed by atoms with Crippen molar-refractivity contribution in [1.29, 1.82) is 0 Å². The summed E-state index contributed by atoms with van der Waals surface area (Å²) < 4.78 is 6.72. The smallest absolute Gasteiger partial charge is 0.189 e. The molecule has 3 heteroatoms. The zero-order valence-electron chi connectivity index (χ0n) is 13.1. The summed E-state index contributed by atoms with van der Waals surface area (Å²) in [7, 11) is 0. The van der Waals surface area contributed by atoms with E-state index < -0.39 is 0 Å². The molecule has 0 saturated carbocycles. The van der Waals surface area contributed by atoms with E-state index in [4.69, 9.17) is 4.74 Å². The number of rotatable bonds is 6. The summed E-state index contributed by atoms with van der Waals surface area (Å²) in [5, 5.41) is 0. The Balaban J connectivity index is 1.76. The lowest BCUT2D eigenvalue weighted by molar-refractivity contribution is 0.104. The minimum atomic E-state index is -0.0628. The van der Waals surface area contributed by atoms with Crippen LogP contribution in [-0.2, 0) is 6.61 Å². The molecule has 120 valence electrons. The van der Waals surface area contributed by atoms with Crippen LogP contribution in [0.25, 0.3) is 0 Å². The van der Waals surface area contributed by atoms with Gasteiger partial charge in [0.25, 0.3) is 0 Å². The van der Waals surface area contributed by atoms with Crippen LogP contribution in [0.4, 0.5) is 0 Å². The zero-order chi connectivity index (χ0) is 16.8. The standard InChI is InChI=1S/C21H17BrO2/c22-18-11-13-21(24-15-17-8-2-1-3-9-17)19(14-18)20(23)12-10-16-6-4-5-7-16/h1-6,8-14H,7,15H2. The summed E-state index contributed by atoms with van der Waals surface area (Å²) in [4.78, 5) is 12.6. The first-order chi connectivity index (χ1) is 11.7. The lowest BCUT2D eigenvalue weighted by Crippen LogP contribution is -2.02. The number of halogens is 1. The highest BCUT2D eigenvalue weighted by Gasteiger charge is 2.11. The van der Waals surface area contributed by atoms with Gasteiger partial charge in [0.05, 0.1) is 5.56 Å². The van der Waals surface area contributed by atoms with Gasteiger partial charge in [-0.25, -0.2) is 0 Å². The van der Waals surface area contributed by atoms with Crippen molar-refractivity contribution in [3.63, 3.8) is 0 Å². The Labute approximate surface area is 150 Å². The highest BCUT2D eigenvalue weighted by atomic mass is 79.9. The SMILES string of the molecule is O=C(C=CC1=CC=CC1)c1cc(Br)ccc1OCc1ccccc1. The molecule has 24 heavy (non-hydrogen) atoms. The lowest BCUT2D eigenvalue weighted by atomic mass is 10.1. The maximum Gasteiger partial charge on any atom is 0.189 e. The predicted octanol–water partition coefficient (Wildman–Crippen LogP) is 5.65. The summed E-state index contributed by atoms with van der Waals surface area (Å²) in [5.74, 6) is 0.530. The second-order valence-electron chi connectivity index (χ2n) is 5.49. The number of allylic oxidation sites excluding steroid dienone is 6. The summed E-state index contributed by atoms with van der Waals surface area (Å²) in [5.41, 5.74) is 2.75. The Hall–Kier alpha value is -2.39. The van der Waals surface area contributed by atoms with Gasteiger partial charge in [-0.1, -0.05) is 70.6 Å². The van der Waals surface area contributed by atoms with Gasteiger partial charge in [0.15, 0.2) is 5.78 Å². The fraction of sp³-hybridized carbons (Fsp3) is 0.0952. The molecule has 0 saturated heterocycles. The molecule has 0 unspecified atom stereocenters. The molecule has 2 aromatic rings. The number of hydrogen-bond donors (Lipinski definition) is 0. The van der Waals surface area contributed by atoms with E-state index in [-0.39, 0.29) is 5.78 Å². The Morgan fingerprint density at radius 2 is 2.00 bits per heavy atom. The molecule has 0 fully saturated rings. The molecule has 0 amide bonds. The Morgan fingerprint density at radius 3 is 2.75 bits per heavy atom. The monoisotopic (exact) mass is 380 g/mol. The van der Waals surface area contributed by atoms with Gasteiger partial charge in [-0.2, -0.15) is 0 Å². The number of benzene rings is 2. The minimum Gasteiger partial charge on any atom is -0.488 e. The predicted molar refractivity (Wildman–Crippen MR) is 100 cm³/mol. The Morgan fingerprint density at radius 1 is 1.17 bits per heavy atom. The molecule has 1 aliphatic rings. The Bertz CT molecular complexity index is 817. The topological polar surface area (TPSA) is 26.3 Å². The van der Waals surface area contributed by atoms with Gasteiger partial charge in [0.1, 0.15) is 12.4 Å². The molecule has 0 aliphatic heterocycles. The molecule has 0 spiro atoms. The fourth-order valence-electron chi connectivity index (χ4n) is 2.42. The molecule has 2 aromatic carbocycles. The number of carbonyl (C=O) groups excluding carboxylic acids is 1. The van der Waals surface area contributed by atoms with Gasteiger partial charge < -0.3 is 4.74 Å². The van der Waals surface area contributed by atoms with Crippen molar-refractivity contribution in [1.82, 2.24) is 0 Å². The van der Waals surface area contributed by atoms with Crippen molar-refractivity contribution in [2.24, 2.45) is 0 Å². The van der Waals surface area contributed by atoms with Crippen LogP contribution in [0.2, 0.25) is 0 Å². The van der Waals surface area contributed by atoms with E-state index in [0.29, 0.717) is 17.9 Å². The summed E-state index contributed by atoms with van der Waals surface area (Å²) >= 11 is 3.42. The highest BCUT2D eigenvalue weighted by Crippen LogP contribution is 2.25. The molecule has 1 aliphatic carbocycles. The van der Waals surface area contributed by atoms with Crippen molar-refractivity contribution >= 4 is 21.7 Å². The highest BCUT2D eigenvalue weighted by molar-refractivity contribution is 9.10. The van der Waals surface area contributed by atoms with E-state index >= 15 is 0 Å². The quantitative estimate of drug-likeness (QED) is 0.477. The molecule has 0 radical (unpaired) electrons. The van der Waals surface area contributed by atoms with Crippen LogP contribution >= 0.6 is 15.9 Å². The number of hydrogen-bond acceptors (Lipinski definition) is 2. The van der Waals surface area contributed by atoms with E-state index in [1.165, 1.54) is 0 Å². The van der Waals surface area contributed by atoms with Crippen LogP contribution in [0, 0.1) is 0 Å². The van der Waals surface area contributed by atoms with Gasteiger partial charge in [-0.05, 0) is 41.8 Å². The molecule has 3 rings (SSSR count). The summed E-state index contributed by atoms with van der Waals surface area (Å²) in [6, 6.07) is 15.4. The molecule has 0 N–H and O–H groups in total. The average molecular weight is 381 g/mol. The van der Waals surface area contributed by atoms with Crippen LogP contribution in [0.3, 0.4) is 0 Å². The van der Waals surface area contributed by atoms with Crippen LogP contribution in [0.1, 0.15) is 22.3 Å². The molecule has 0 heterocycles. The number of ether oxygens (including phenoxy) is 1. The van der Waals surface area contributed by atoms with E-state index in [1.807, 2.05) is 60.7 Å². The third-order valence-electron chi connectivity index (χ3n) is 3.69. The molecule has 2 nitrogen and oxygen atoms in total. The van der Waals surface area contributed by atoms with E-state index in [1.54, 1.807) is 12.1 Å². The largest absolute Gasteiger partial charge is 0.488 e. The molecular weight excluding hydrogens is 364 g/mol. The molecule has 0 atom stereocenters. The zero-order valence-corrected chi connectivity index (χ0v) is 14.7. The van der Waals surface area contributed by atoms with E-state index in [2.05, 4.69) is 22.0 Å². The maximum atomic E-state index is 12.6. The van der Waals surface area contributed by atoms with Crippen LogP contribution < -0.4 is 4.74 Å². The van der Waals surface area contributed by atoms with Gasteiger partial charge in [-0.15, -0.1) is 0 Å². The first kappa shape index (κ1) is 16.5. The summed E-state index contributed by atoms with van der Waals surface area (Å²) in [6.45, 7) is 0.432. The van der Waals surface area contributed by atoms with E-state index in [0.717, 1.165) is 22.0 Å². The molecule has 0 bridgehead atoms. The van der Waals surface area contributed by atoms with Crippen LogP contribution in [0.5, 0.6) is 5.75 Å². The minimum absolute atomic E-state index is 0.0628. The van der Waals surface area contributed by atoms with E-state index in [9.17, 15) is 4.79 Å². The number of carbonyl (C=O) groups is 1. The second kappa shape index (κ2) is 7.93. The normalized spacial score (nSPS) is 13.3. The third-order valence-corrected chi connectivity index (χ3v) is 4.19. The van der Waals surface area contributed by atoms with Gasteiger partial charge in [0.2, 0.25) is 0 Å². The van der Waals surface area contributed by atoms with Crippen molar-refractivity contribution in [2.45, 2.75) is 13.0 Å². The lowest BCUT2D eigenvalue weighted by Gasteiger charge is -2.10. The van der Waals surface area contributed by atoms with Crippen molar-refractivity contribution in [2.75, 3.05) is 0 Å². The second-order valence-corrected chi connectivity index (χ2v) is 6.40. The molecular formula is C21H17BrO2. The first-order valence-electron chi connectivity index (χ1n) is 7.77. The maximum absolute atomic E-state index is 12.6. The van der Waals surface area contributed by atoms with Crippen LogP contribution in [-0.4, -0.2) is 5.78 Å². The van der Waals surface area contributed by atoms with Gasteiger partial charge >= 0.3 is 0 Å². The fourth-order valence-corrected chi connectivity index (χ4v) is 2.78. The number of ketones is 1. The Kier molecular flexibility index (Phi) is 5.44.